The van der Waals surface area contributed by atoms with Gasteiger partial charge in [-0.1, -0.05) is 107 Å². The van der Waals surface area contributed by atoms with Crippen LogP contribution in [0.25, 0.3) is 0 Å². The molecular formula is C46H72N8O2S4. The number of nitrogens with zero attached hydrogens (tertiary/aromatic N) is 7. The minimum absolute atomic E-state index is 0.450. The van der Waals surface area contributed by atoms with Gasteiger partial charge in [0.1, 0.15) is 11.5 Å². The molecular weight excluding hydrogens is 825 g/mol. The number of aromatic amines is 1. The van der Waals surface area contributed by atoms with Crippen LogP contribution in [0.3, 0.4) is 0 Å². The number of aryl methyl sites for hydroxylation is 4. The van der Waals surface area contributed by atoms with Crippen LogP contribution in [0.5, 0.6) is 0 Å². The van der Waals surface area contributed by atoms with E-state index in [-0.39, 0.29) is 0 Å². The van der Waals surface area contributed by atoms with E-state index in [2.05, 4.69) is 150 Å². The molecule has 0 unspecified atom stereocenters. The van der Waals surface area contributed by atoms with Crippen LogP contribution in [0.15, 0.2) is 68.4 Å². The summed E-state index contributed by atoms with van der Waals surface area (Å²) in [5.74, 6) is 5.78. The summed E-state index contributed by atoms with van der Waals surface area (Å²) >= 11 is 6.97. The molecule has 0 radical (unpaired) electrons. The van der Waals surface area contributed by atoms with Crippen molar-refractivity contribution in [2.75, 3.05) is 0 Å². The SMILES string of the molecule is CC(C)c1cn[nH]c1.CC(C)c1cncs1.CC(C)c1nccs1.Cc1cc(C(C)C)no1.Cc1cc(C(C)C)on1.Cc1cnc(C(C)C)s1.Cc1csc(C(C)C)n1. The van der Waals surface area contributed by atoms with E-state index in [1.807, 2.05) is 74.8 Å². The molecule has 7 aromatic rings. The summed E-state index contributed by atoms with van der Waals surface area (Å²) in [6.07, 6.45) is 9.48. The number of thiazole rings is 4. The number of hydrogen-bond acceptors (Lipinski definition) is 13. The van der Waals surface area contributed by atoms with Crippen LogP contribution in [0, 0.1) is 27.7 Å². The third kappa shape index (κ3) is 23.2. The second-order valence-electron chi connectivity index (χ2n) is 16.3. The van der Waals surface area contributed by atoms with Crippen molar-refractivity contribution in [3.63, 3.8) is 0 Å². The molecule has 0 atom stereocenters. The molecule has 332 valence electrons. The molecule has 14 heteroatoms. The summed E-state index contributed by atoms with van der Waals surface area (Å²) in [7, 11) is 0. The summed E-state index contributed by atoms with van der Waals surface area (Å²) in [6.45, 7) is 37.9. The van der Waals surface area contributed by atoms with Crippen molar-refractivity contribution in [2.45, 2.75) is 166 Å². The van der Waals surface area contributed by atoms with E-state index in [9.17, 15) is 0 Å². The van der Waals surface area contributed by atoms with Gasteiger partial charge in [-0.2, -0.15) is 5.10 Å². The Hall–Kier alpha value is -3.85. The van der Waals surface area contributed by atoms with E-state index in [4.69, 9.17) is 9.05 Å². The van der Waals surface area contributed by atoms with Gasteiger partial charge < -0.3 is 9.05 Å². The van der Waals surface area contributed by atoms with Crippen LogP contribution >= 0.6 is 45.3 Å². The number of aromatic nitrogens is 8. The molecule has 0 amide bonds. The molecule has 0 aliphatic carbocycles. The smallest absolute Gasteiger partial charge is 0.139 e. The molecule has 60 heavy (non-hydrogen) atoms. The quantitative estimate of drug-likeness (QED) is 0.166. The highest BCUT2D eigenvalue weighted by Gasteiger charge is 2.05. The van der Waals surface area contributed by atoms with Gasteiger partial charge in [-0.3, -0.25) is 10.1 Å². The van der Waals surface area contributed by atoms with Gasteiger partial charge >= 0.3 is 0 Å². The van der Waals surface area contributed by atoms with Crippen LogP contribution < -0.4 is 0 Å². The third-order valence-corrected chi connectivity index (χ3v) is 12.5. The van der Waals surface area contributed by atoms with Crippen molar-refractivity contribution in [1.29, 1.82) is 0 Å². The lowest BCUT2D eigenvalue weighted by Gasteiger charge is -1.94. The third-order valence-electron chi connectivity index (χ3n) is 7.87. The summed E-state index contributed by atoms with van der Waals surface area (Å²) < 4.78 is 9.85. The van der Waals surface area contributed by atoms with Crippen molar-refractivity contribution >= 4 is 45.3 Å². The van der Waals surface area contributed by atoms with E-state index in [1.165, 1.54) is 30.3 Å². The first-order chi connectivity index (χ1) is 28.2. The lowest BCUT2D eigenvalue weighted by atomic mass is 10.1. The van der Waals surface area contributed by atoms with Crippen molar-refractivity contribution in [1.82, 2.24) is 40.4 Å². The fourth-order valence-electron chi connectivity index (χ4n) is 4.20. The second-order valence-corrected chi connectivity index (χ2v) is 20.3. The highest BCUT2D eigenvalue weighted by molar-refractivity contribution is 7.11. The second kappa shape index (κ2) is 29.4. The molecule has 0 fully saturated rings. The number of H-pyrrole nitrogens is 1. The van der Waals surface area contributed by atoms with Crippen molar-refractivity contribution in [3.8, 4) is 0 Å². The monoisotopic (exact) mass is 896 g/mol. The summed E-state index contributed by atoms with van der Waals surface area (Å²) in [5.41, 5.74) is 6.27. The van der Waals surface area contributed by atoms with Crippen molar-refractivity contribution in [2.24, 2.45) is 0 Å². The van der Waals surface area contributed by atoms with Crippen molar-refractivity contribution < 1.29 is 9.05 Å². The predicted octanol–water partition coefficient (Wildman–Crippen LogP) is 15.4. The maximum absolute atomic E-state index is 4.98. The summed E-state index contributed by atoms with van der Waals surface area (Å²) in [5, 5.41) is 22.0. The van der Waals surface area contributed by atoms with Gasteiger partial charge in [-0.25, -0.2) is 15.0 Å². The van der Waals surface area contributed by atoms with E-state index in [1.54, 1.807) is 45.3 Å². The fraction of sp³-hybridized carbons (Fsp3) is 0.543. The zero-order chi connectivity index (χ0) is 45.4. The Morgan fingerprint density at radius 2 is 1.25 bits per heavy atom. The Kier molecular flexibility index (Phi) is 26.6. The van der Waals surface area contributed by atoms with E-state index >= 15 is 0 Å². The molecule has 0 bridgehead atoms. The number of nitrogens with one attached hydrogen (secondary N) is 1. The van der Waals surface area contributed by atoms with Crippen LogP contribution in [0.4, 0.5) is 0 Å². The highest BCUT2D eigenvalue weighted by Crippen LogP contribution is 2.21. The predicted molar refractivity (Wildman–Crippen MR) is 258 cm³/mol. The first kappa shape index (κ1) is 54.2. The van der Waals surface area contributed by atoms with Crippen LogP contribution in [0.1, 0.15) is 197 Å². The first-order valence-electron chi connectivity index (χ1n) is 20.7. The molecule has 0 spiro atoms. The normalized spacial score (nSPS) is 10.6. The first-order valence-corrected chi connectivity index (χ1v) is 24.1. The maximum Gasteiger partial charge on any atom is 0.139 e. The fourth-order valence-corrected chi connectivity index (χ4v) is 7.08. The molecule has 7 rings (SSSR count). The van der Waals surface area contributed by atoms with Gasteiger partial charge in [-0.15, -0.1) is 45.3 Å². The average molecular weight is 897 g/mol. The van der Waals surface area contributed by atoms with Gasteiger partial charge in [0.05, 0.1) is 38.1 Å². The lowest BCUT2D eigenvalue weighted by Crippen LogP contribution is -1.84. The molecule has 10 nitrogen and oxygen atoms in total. The van der Waals surface area contributed by atoms with Gasteiger partial charge in [0.15, 0.2) is 0 Å². The molecule has 0 saturated carbocycles. The van der Waals surface area contributed by atoms with Gasteiger partial charge in [0, 0.05) is 86.8 Å². The standard InChI is InChI=1S/2C7H11NO.2C7H11NS.C6H10N2.2C6H9NS/c1-5(2)7-4-6(3)9-8-7;1-5(2)7-4-6(3)8-9-7;1-5(2)7-8-6(3)4-9-7;1-5(2)7-8-4-6(3)9-7;1-5(2)6-3-7-8-4-6;1-5(2)6-3-7-4-8-6;1-5(2)6-7-3-4-8-6/h4*4-5H,1-3H3;3-5H,1-2H3,(H,7,8);2*3-5H,1-2H3. The Morgan fingerprint density at radius 1 is 0.583 bits per heavy atom. The minimum atomic E-state index is 0.450. The lowest BCUT2D eigenvalue weighted by molar-refractivity contribution is 0.368. The van der Waals surface area contributed by atoms with Gasteiger partial charge in [0.2, 0.25) is 0 Å². The molecule has 0 aromatic carbocycles. The number of rotatable bonds is 7. The van der Waals surface area contributed by atoms with E-state index in [0.717, 1.165) is 28.6 Å². The topological polar surface area (TPSA) is 132 Å². The van der Waals surface area contributed by atoms with Crippen LogP contribution in [-0.2, 0) is 0 Å². The molecule has 7 heterocycles. The van der Waals surface area contributed by atoms with Gasteiger partial charge in [0.25, 0.3) is 0 Å². The zero-order valence-corrected chi connectivity index (χ0v) is 42.7. The Morgan fingerprint density at radius 3 is 1.48 bits per heavy atom. The van der Waals surface area contributed by atoms with Gasteiger partial charge in [-0.05, 0) is 51.0 Å². The Labute approximate surface area is 377 Å². The molecule has 7 aromatic heterocycles. The van der Waals surface area contributed by atoms with E-state index in [0.29, 0.717) is 41.4 Å². The molecule has 0 saturated heterocycles. The van der Waals surface area contributed by atoms with Crippen LogP contribution in [-0.4, -0.2) is 40.4 Å². The molecule has 0 aliphatic heterocycles. The largest absolute Gasteiger partial charge is 0.361 e. The van der Waals surface area contributed by atoms with E-state index < -0.39 is 0 Å². The highest BCUT2D eigenvalue weighted by atomic mass is 32.1. The minimum Gasteiger partial charge on any atom is -0.361 e. The van der Waals surface area contributed by atoms with Crippen LogP contribution in [0.2, 0.25) is 0 Å². The average Bonchev–Trinajstić information content (AvgIpc) is 4.03. The maximum atomic E-state index is 4.98. The Bertz CT molecular complexity index is 1750. The molecule has 1 N–H and O–H groups in total. The zero-order valence-electron chi connectivity index (χ0n) is 39.4. The molecule has 0 aliphatic rings. The number of hydrogen-bond donors (Lipinski definition) is 1. The summed E-state index contributed by atoms with van der Waals surface area (Å²) in [4.78, 5) is 19.3. The van der Waals surface area contributed by atoms with Crippen molar-refractivity contribution in [3.05, 3.63) is 118 Å². The summed E-state index contributed by atoms with van der Waals surface area (Å²) in [6, 6.07) is 3.93. The Balaban J connectivity index is 0.000000350.